The summed E-state index contributed by atoms with van der Waals surface area (Å²) in [5, 5.41) is 5.25. The van der Waals surface area contributed by atoms with E-state index in [1.54, 1.807) is 6.92 Å². The van der Waals surface area contributed by atoms with Crippen LogP contribution < -0.4 is 5.32 Å². The van der Waals surface area contributed by atoms with Crippen molar-refractivity contribution >= 4 is 27.6 Å². The predicted octanol–water partition coefficient (Wildman–Crippen LogP) is 5.75. The van der Waals surface area contributed by atoms with Crippen molar-refractivity contribution in [2.24, 2.45) is 5.92 Å². The van der Waals surface area contributed by atoms with Gasteiger partial charge >= 0.3 is 6.18 Å². The van der Waals surface area contributed by atoms with E-state index in [1.165, 1.54) is 0 Å². The number of carbonyl (C=O) groups is 1. The van der Waals surface area contributed by atoms with Gasteiger partial charge in [0.05, 0.1) is 5.92 Å². The van der Waals surface area contributed by atoms with E-state index in [0.717, 1.165) is 16.2 Å². The summed E-state index contributed by atoms with van der Waals surface area (Å²) in [5.74, 6) is -1.98. The number of benzene rings is 2. The van der Waals surface area contributed by atoms with E-state index in [4.69, 9.17) is 4.42 Å². The number of fused-ring (bicyclic) bond motifs is 3. The van der Waals surface area contributed by atoms with Gasteiger partial charge in [-0.05, 0) is 25.2 Å². The Morgan fingerprint density at radius 3 is 2.59 bits per heavy atom. The van der Waals surface area contributed by atoms with Crippen LogP contribution in [-0.4, -0.2) is 18.1 Å². The van der Waals surface area contributed by atoms with Crippen LogP contribution in [0.2, 0.25) is 0 Å². The Labute approximate surface area is 154 Å². The SMILES string of the molecule is Cc1c(C(=O)NC2CCCCC2C(F)(F)F)oc2c1ccc1ccccc12. The van der Waals surface area contributed by atoms with Gasteiger partial charge in [0.15, 0.2) is 5.76 Å². The largest absolute Gasteiger partial charge is 0.450 e. The molecule has 1 amide bonds. The summed E-state index contributed by atoms with van der Waals surface area (Å²) in [6, 6.07) is 10.6. The maximum atomic E-state index is 13.3. The molecule has 0 saturated heterocycles. The van der Waals surface area contributed by atoms with Gasteiger partial charge < -0.3 is 9.73 Å². The van der Waals surface area contributed by atoms with Crippen molar-refractivity contribution in [1.82, 2.24) is 5.32 Å². The molecule has 1 aliphatic rings. The average Bonchev–Trinajstić information content (AvgIpc) is 2.99. The van der Waals surface area contributed by atoms with Crippen molar-refractivity contribution in [3.8, 4) is 0 Å². The summed E-state index contributed by atoms with van der Waals surface area (Å²) in [4.78, 5) is 12.7. The van der Waals surface area contributed by atoms with E-state index in [0.29, 0.717) is 30.4 Å². The van der Waals surface area contributed by atoms with Gasteiger partial charge in [-0.25, -0.2) is 0 Å². The summed E-state index contributed by atoms with van der Waals surface area (Å²) in [6.07, 6.45) is -2.71. The molecule has 1 saturated carbocycles. The molecule has 1 heterocycles. The second-order valence-electron chi connectivity index (χ2n) is 7.23. The van der Waals surface area contributed by atoms with E-state index in [1.807, 2.05) is 36.4 Å². The van der Waals surface area contributed by atoms with Gasteiger partial charge in [0.1, 0.15) is 5.58 Å². The van der Waals surface area contributed by atoms with E-state index < -0.39 is 24.0 Å². The Kier molecular flexibility index (Phi) is 4.36. The standard InChI is InChI=1S/C21H20F3NO2/c1-12-14-11-10-13-6-2-3-7-15(13)19(14)27-18(12)20(26)25-17-9-5-4-8-16(17)21(22,23)24/h2-3,6-7,10-11,16-17H,4-5,8-9H2,1H3,(H,25,26). The topological polar surface area (TPSA) is 42.2 Å². The molecule has 0 bridgehead atoms. The highest BCUT2D eigenvalue weighted by atomic mass is 19.4. The number of amides is 1. The molecular formula is C21H20F3NO2. The lowest BCUT2D eigenvalue weighted by atomic mass is 9.84. The number of hydrogen-bond donors (Lipinski definition) is 1. The normalized spacial score (nSPS) is 20.9. The number of furan rings is 1. The van der Waals surface area contributed by atoms with Crippen LogP contribution in [-0.2, 0) is 0 Å². The fourth-order valence-corrected chi connectivity index (χ4v) is 4.10. The van der Waals surface area contributed by atoms with Crippen molar-refractivity contribution in [3.63, 3.8) is 0 Å². The van der Waals surface area contributed by atoms with Crippen LogP contribution in [0.25, 0.3) is 21.7 Å². The molecule has 4 rings (SSSR count). The van der Waals surface area contributed by atoms with Gasteiger partial charge in [-0.1, -0.05) is 49.2 Å². The van der Waals surface area contributed by atoms with Crippen LogP contribution >= 0.6 is 0 Å². The Balaban J connectivity index is 1.68. The van der Waals surface area contributed by atoms with Crippen LogP contribution in [0.1, 0.15) is 41.8 Å². The maximum absolute atomic E-state index is 13.3. The van der Waals surface area contributed by atoms with Crippen LogP contribution in [0, 0.1) is 12.8 Å². The van der Waals surface area contributed by atoms with E-state index in [9.17, 15) is 18.0 Å². The molecule has 2 unspecified atom stereocenters. The molecule has 3 nitrogen and oxygen atoms in total. The third kappa shape index (κ3) is 3.17. The van der Waals surface area contributed by atoms with Crippen LogP contribution in [0.5, 0.6) is 0 Å². The minimum Gasteiger partial charge on any atom is -0.450 e. The average molecular weight is 375 g/mol. The van der Waals surface area contributed by atoms with Crippen LogP contribution in [0.4, 0.5) is 13.2 Å². The third-order valence-electron chi connectivity index (χ3n) is 5.54. The fourth-order valence-electron chi connectivity index (χ4n) is 4.10. The molecule has 6 heteroatoms. The molecule has 142 valence electrons. The maximum Gasteiger partial charge on any atom is 0.393 e. The van der Waals surface area contributed by atoms with E-state index in [2.05, 4.69) is 5.32 Å². The molecule has 2 atom stereocenters. The molecule has 0 aliphatic heterocycles. The first kappa shape index (κ1) is 17.9. The van der Waals surface area contributed by atoms with Crippen molar-refractivity contribution in [2.45, 2.75) is 44.8 Å². The molecule has 1 aliphatic carbocycles. The van der Waals surface area contributed by atoms with E-state index >= 15 is 0 Å². The molecule has 27 heavy (non-hydrogen) atoms. The highest BCUT2D eigenvalue weighted by Crippen LogP contribution is 2.38. The number of rotatable bonds is 2. The molecule has 3 aromatic rings. The summed E-state index contributed by atoms with van der Waals surface area (Å²) in [7, 11) is 0. The van der Waals surface area contributed by atoms with Gasteiger partial charge in [-0.15, -0.1) is 0 Å². The molecular weight excluding hydrogens is 355 g/mol. The van der Waals surface area contributed by atoms with Crippen LogP contribution in [0.3, 0.4) is 0 Å². The molecule has 2 aromatic carbocycles. The Morgan fingerprint density at radius 1 is 1.07 bits per heavy atom. The smallest absolute Gasteiger partial charge is 0.393 e. The fraction of sp³-hybridized carbons (Fsp3) is 0.381. The first-order chi connectivity index (χ1) is 12.9. The summed E-state index contributed by atoms with van der Waals surface area (Å²) < 4.78 is 45.7. The number of hydrogen-bond acceptors (Lipinski definition) is 2. The number of halogens is 3. The predicted molar refractivity (Wildman–Crippen MR) is 97.7 cm³/mol. The van der Waals surface area contributed by atoms with Crippen molar-refractivity contribution in [3.05, 3.63) is 47.7 Å². The lowest BCUT2D eigenvalue weighted by Crippen LogP contribution is -2.47. The monoisotopic (exact) mass is 375 g/mol. The number of nitrogens with one attached hydrogen (secondary N) is 1. The first-order valence-electron chi connectivity index (χ1n) is 9.14. The molecule has 0 spiro atoms. The summed E-state index contributed by atoms with van der Waals surface area (Å²) in [5.41, 5.74) is 1.24. The number of carbonyl (C=O) groups excluding carboxylic acids is 1. The van der Waals surface area contributed by atoms with Gasteiger partial charge in [-0.3, -0.25) is 4.79 Å². The Bertz CT molecular complexity index is 1010. The lowest BCUT2D eigenvalue weighted by molar-refractivity contribution is -0.187. The Morgan fingerprint density at radius 2 is 1.81 bits per heavy atom. The quantitative estimate of drug-likeness (QED) is 0.620. The van der Waals surface area contributed by atoms with Gasteiger partial charge in [0.25, 0.3) is 5.91 Å². The highest BCUT2D eigenvalue weighted by Gasteiger charge is 2.46. The molecule has 1 N–H and O–H groups in total. The summed E-state index contributed by atoms with van der Waals surface area (Å²) in [6.45, 7) is 1.76. The first-order valence-corrected chi connectivity index (χ1v) is 9.14. The zero-order valence-corrected chi connectivity index (χ0v) is 14.9. The van der Waals surface area contributed by atoms with Crippen LogP contribution in [0.15, 0.2) is 40.8 Å². The second-order valence-corrected chi connectivity index (χ2v) is 7.23. The highest BCUT2D eigenvalue weighted by molar-refractivity contribution is 6.08. The number of alkyl halides is 3. The molecule has 1 aromatic heterocycles. The third-order valence-corrected chi connectivity index (χ3v) is 5.54. The number of aryl methyl sites for hydroxylation is 1. The molecule has 1 fully saturated rings. The zero-order chi connectivity index (χ0) is 19.2. The minimum atomic E-state index is -4.31. The minimum absolute atomic E-state index is 0.0538. The van der Waals surface area contributed by atoms with Gasteiger partial charge in [0.2, 0.25) is 0 Å². The van der Waals surface area contributed by atoms with E-state index in [-0.39, 0.29) is 12.2 Å². The van der Waals surface area contributed by atoms with Gasteiger partial charge in [-0.2, -0.15) is 13.2 Å². The van der Waals surface area contributed by atoms with Crippen molar-refractivity contribution < 1.29 is 22.4 Å². The lowest BCUT2D eigenvalue weighted by Gasteiger charge is -2.33. The van der Waals surface area contributed by atoms with Crippen molar-refractivity contribution in [1.29, 1.82) is 0 Å². The van der Waals surface area contributed by atoms with Gasteiger partial charge in [0, 0.05) is 22.4 Å². The second kappa shape index (κ2) is 6.59. The van der Waals surface area contributed by atoms with Crippen molar-refractivity contribution in [2.75, 3.05) is 0 Å². The Hall–Kier alpha value is -2.50. The zero-order valence-electron chi connectivity index (χ0n) is 14.9. The molecule has 0 radical (unpaired) electrons. The summed E-state index contributed by atoms with van der Waals surface area (Å²) >= 11 is 0.